The zero-order valence-corrected chi connectivity index (χ0v) is 15.3. The monoisotopic (exact) mass is 366 g/mol. The fraction of sp³-hybridized carbons (Fsp3) is 0.389. The van der Waals surface area contributed by atoms with E-state index in [1.165, 1.54) is 6.26 Å². The highest BCUT2D eigenvalue weighted by Gasteiger charge is 2.15. The third kappa shape index (κ3) is 6.42. The number of aliphatic hydroxyl groups is 1. The van der Waals surface area contributed by atoms with Crippen LogP contribution in [-0.4, -0.2) is 35.8 Å². The minimum Gasteiger partial charge on any atom is -0.489 e. The van der Waals surface area contributed by atoms with Crippen molar-refractivity contribution in [3.63, 3.8) is 0 Å². The second-order valence-corrected chi connectivity index (χ2v) is 7.10. The van der Waals surface area contributed by atoms with E-state index in [4.69, 9.17) is 20.8 Å². The molecule has 1 aromatic carbocycles. The molecule has 0 bridgehead atoms. The molecule has 0 spiro atoms. The number of anilines is 1. The van der Waals surface area contributed by atoms with Crippen molar-refractivity contribution in [2.45, 2.75) is 32.4 Å². The van der Waals surface area contributed by atoms with Crippen molar-refractivity contribution >= 4 is 23.2 Å². The number of hydrogen-bond donors (Lipinski definition) is 3. The molecule has 0 saturated carbocycles. The third-order valence-electron chi connectivity index (χ3n) is 3.23. The van der Waals surface area contributed by atoms with Crippen LogP contribution in [0.5, 0.6) is 5.75 Å². The van der Waals surface area contributed by atoms with Crippen LogP contribution in [0.1, 0.15) is 31.3 Å². The number of ether oxygens (including phenoxy) is 1. The molecule has 3 N–H and O–H groups in total. The number of nitrogens with one attached hydrogen (secondary N) is 2. The van der Waals surface area contributed by atoms with Gasteiger partial charge in [-0.25, -0.2) is 0 Å². The number of benzene rings is 1. The summed E-state index contributed by atoms with van der Waals surface area (Å²) in [7, 11) is 0. The summed E-state index contributed by atoms with van der Waals surface area (Å²) >= 11 is 6.00. The minimum absolute atomic E-state index is 0.0777. The van der Waals surface area contributed by atoms with Gasteiger partial charge in [0.2, 0.25) is 0 Å². The maximum atomic E-state index is 12.1. The van der Waals surface area contributed by atoms with Crippen LogP contribution in [-0.2, 0) is 0 Å². The van der Waals surface area contributed by atoms with Gasteiger partial charge in [-0.05, 0) is 51.1 Å². The number of halogens is 1. The van der Waals surface area contributed by atoms with Crippen molar-refractivity contribution in [3.05, 3.63) is 47.4 Å². The van der Waals surface area contributed by atoms with E-state index in [1.807, 2.05) is 20.8 Å². The van der Waals surface area contributed by atoms with Crippen molar-refractivity contribution in [1.82, 2.24) is 5.32 Å². The van der Waals surface area contributed by atoms with Gasteiger partial charge in [-0.15, -0.1) is 0 Å². The third-order valence-corrected chi connectivity index (χ3v) is 3.47. The Morgan fingerprint density at radius 3 is 2.76 bits per heavy atom. The minimum atomic E-state index is -0.691. The van der Waals surface area contributed by atoms with Crippen LogP contribution in [0.2, 0.25) is 5.02 Å². The number of carbonyl (C=O) groups is 1. The molecule has 0 aliphatic rings. The van der Waals surface area contributed by atoms with Gasteiger partial charge in [-0.2, -0.15) is 0 Å². The quantitative estimate of drug-likeness (QED) is 0.700. The van der Waals surface area contributed by atoms with E-state index in [1.54, 1.807) is 30.3 Å². The molecule has 1 aromatic heterocycles. The normalized spacial score (nSPS) is 12.7. The van der Waals surface area contributed by atoms with E-state index >= 15 is 0 Å². The first-order chi connectivity index (χ1) is 11.7. The molecule has 25 heavy (non-hydrogen) atoms. The van der Waals surface area contributed by atoms with Crippen LogP contribution in [0.3, 0.4) is 0 Å². The Morgan fingerprint density at radius 2 is 2.12 bits per heavy atom. The molecule has 0 radical (unpaired) electrons. The predicted molar refractivity (Wildman–Crippen MR) is 97.4 cm³/mol. The topological polar surface area (TPSA) is 83.7 Å². The molecule has 136 valence electrons. The van der Waals surface area contributed by atoms with E-state index in [2.05, 4.69) is 10.6 Å². The van der Waals surface area contributed by atoms with Crippen molar-refractivity contribution in [2.75, 3.05) is 18.5 Å². The number of furan rings is 1. The Bertz CT molecular complexity index is 696. The summed E-state index contributed by atoms with van der Waals surface area (Å²) in [6, 6.07) is 8.06. The van der Waals surface area contributed by atoms with E-state index < -0.39 is 12.0 Å². The largest absolute Gasteiger partial charge is 0.489 e. The molecular formula is C18H23ClN2O4. The van der Waals surface area contributed by atoms with Gasteiger partial charge in [0.25, 0.3) is 5.91 Å². The SMILES string of the molecule is CC(C)(C)NCC(O)COc1ccc(Cl)cc1NC(=O)c1ccco1. The van der Waals surface area contributed by atoms with Crippen molar-refractivity contribution in [1.29, 1.82) is 0 Å². The zero-order valence-electron chi connectivity index (χ0n) is 14.5. The van der Waals surface area contributed by atoms with Crippen molar-refractivity contribution in [3.8, 4) is 5.75 Å². The van der Waals surface area contributed by atoms with Gasteiger partial charge in [-0.1, -0.05) is 11.6 Å². The molecule has 0 aliphatic carbocycles. The summed E-state index contributed by atoms with van der Waals surface area (Å²) in [5.41, 5.74) is 0.313. The molecule has 1 amide bonds. The first kappa shape index (κ1) is 19.3. The Kier molecular flexibility index (Phi) is 6.47. The standard InChI is InChI=1S/C18H23ClN2O4/c1-18(2,3)20-10-13(22)11-25-15-7-6-12(19)9-14(15)21-17(23)16-5-4-8-24-16/h4-9,13,20,22H,10-11H2,1-3H3,(H,21,23). The number of β-amino-alcohol motifs (C(OH)–C–C–N with tert-alkyl or cyclic N) is 1. The molecule has 0 fully saturated rings. The fourth-order valence-corrected chi connectivity index (χ4v) is 2.16. The summed E-state index contributed by atoms with van der Waals surface area (Å²) < 4.78 is 10.7. The predicted octanol–water partition coefficient (Wildman–Crippen LogP) is 3.31. The maximum Gasteiger partial charge on any atom is 0.291 e. The van der Waals surface area contributed by atoms with Gasteiger partial charge < -0.3 is 24.9 Å². The first-order valence-corrected chi connectivity index (χ1v) is 8.33. The summed E-state index contributed by atoms with van der Waals surface area (Å²) in [6.45, 7) is 6.52. The van der Waals surface area contributed by atoms with Gasteiger partial charge in [0.1, 0.15) is 18.5 Å². The molecule has 1 atom stereocenters. The number of hydrogen-bond acceptors (Lipinski definition) is 5. The average Bonchev–Trinajstić information content (AvgIpc) is 3.06. The molecule has 6 nitrogen and oxygen atoms in total. The lowest BCUT2D eigenvalue weighted by molar-refractivity contribution is 0.0984. The maximum absolute atomic E-state index is 12.1. The highest BCUT2D eigenvalue weighted by molar-refractivity contribution is 6.31. The van der Waals surface area contributed by atoms with E-state index in [9.17, 15) is 9.90 Å². The van der Waals surface area contributed by atoms with E-state index in [0.29, 0.717) is 23.0 Å². The highest BCUT2D eigenvalue weighted by atomic mass is 35.5. The lowest BCUT2D eigenvalue weighted by Crippen LogP contribution is -2.42. The van der Waals surface area contributed by atoms with Crippen molar-refractivity contribution < 1.29 is 19.1 Å². The Morgan fingerprint density at radius 1 is 1.36 bits per heavy atom. The Hall–Kier alpha value is -2.02. The Balaban J connectivity index is 1.99. The first-order valence-electron chi connectivity index (χ1n) is 7.95. The molecule has 0 saturated heterocycles. The van der Waals surface area contributed by atoms with E-state index in [0.717, 1.165) is 0 Å². The van der Waals surface area contributed by atoms with E-state index in [-0.39, 0.29) is 17.9 Å². The van der Waals surface area contributed by atoms with Crippen LogP contribution in [0.15, 0.2) is 41.0 Å². The summed E-state index contributed by atoms with van der Waals surface area (Å²) in [5.74, 6) is 0.187. The fourth-order valence-electron chi connectivity index (χ4n) is 1.99. The van der Waals surface area contributed by atoms with Crippen LogP contribution >= 0.6 is 11.6 Å². The molecule has 1 unspecified atom stereocenters. The van der Waals surface area contributed by atoms with Gasteiger partial charge in [0, 0.05) is 17.1 Å². The number of carbonyl (C=O) groups excluding carboxylic acids is 1. The van der Waals surface area contributed by atoms with Gasteiger partial charge in [0.15, 0.2) is 5.76 Å². The molecule has 1 heterocycles. The van der Waals surface area contributed by atoms with Gasteiger partial charge in [0.05, 0.1) is 12.0 Å². The molecular weight excluding hydrogens is 344 g/mol. The number of aliphatic hydroxyl groups excluding tert-OH is 1. The highest BCUT2D eigenvalue weighted by Crippen LogP contribution is 2.28. The number of amides is 1. The zero-order chi connectivity index (χ0) is 18.4. The summed E-state index contributed by atoms with van der Waals surface area (Å²) in [4.78, 5) is 12.1. The summed E-state index contributed by atoms with van der Waals surface area (Å²) in [6.07, 6.45) is 0.728. The van der Waals surface area contributed by atoms with Crippen LogP contribution in [0.25, 0.3) is 0 Å². The van der Waals surface area contributed by atoms with Gasteiger partial charge in [-0.3, -0.25) is 4.79 Å². The van der Waals surface area contributed by atoms with Crippen molar-refractivity contribution in [2.24, 2.45) is 0 Å². The Labute approximate surface area is 152 Å². The molecule has 2 aromatic rings. The average molecular weight is 367 g/mol. The second-order valence-electron chi connectivity index (χ2n) is 6.67. The smallest absolute Gasteiger partial charge is 0.291 e. The summed E-state index contributed by atoms with van der Waals surface area (Å²) in [5, 5.41) is 16.4. The van der Waals surface area contributed by atoms with Crippen LogP contribution in [0, 0.1) is 0 Å². The lowest BCUT2D eigenvalue weighted by atomic mass is 10.1. The molecule has 0 aliphatic heterocycles. The molecule has 2 rings (SSSR count). The second kappa shape index (κ2) is 8.38. The van der Waals surface area contributed by atoms with Crippen LogP contribution < -0.4 is 15.4 Å². The lowest BCUT2D eigenvalue weighted by Gasteiger charge is -2.23. The van der Waals surface area contributed by atoms with Crippen LogP contribution in [0.4, 0.5) is 5.69 Å². The number of rotatable bonds is 7. The molecule has 7 heteroatoms. The van der Waals surface area contributed by atoms with Gasteiger partial charge >= 0.3 is 0 Å².